The highest BCUT2D eigenvalue weighted by Gasteiger charge is 2.57. The number of Topliss-reactive ketones (excluding diaryl/α,β-unsaturated/α-hetero) is 2. The number of hydrogen-bond donors (Lipinski definition) is 1. The van der Waals surface area contributed by atoms with E-state index in [1.54, 1.807) is 19.9 Å². The van der Waals surface area contributed by atoms with Crippen LogP contribution in [-0.2, 0) is 23.8 Å². The first-order valence-electron chi connectivity index (χ1n) is 6.87. The lowest BCUT2D eigenvalue weighted by atomic mass is 9.86. The first kappa shape index (κ1) is 15.3. The number of aliphatic hydroxyl groups excluding tert-OH is 1. The Balaban J connectivity index is 1.89. The van der Waals surface area contributed by atoms with E-state index in [4.69, 9.17) is 14.2 Å². The van der Waals surface area contributed by atoms with Gasteiger partial charge in [-0.25, -0.2) is 0 Å². The molecule has 0 aromatic heterocycles. The van der Waals surface area contributed by atoms with Gasteiger partial charge in [-0.15, -0.1) is 0 Å². The summed E-state index contributed by atoms with van der Waals surface area (Å²) in [4.78, 5) is 23.7. The van der Waals surface area contributed by atoms with E-state index in [0.717, 1.165) is 0 Å². The summed E-state index contributed by atoms with van der Waals surface area (Å²) in [5.74, 6) is -1.77. The molecule has 2 saturated heterocycles. The predicted molar refractivity (Wildman–Crippen MR) is 74.7 cm³/mol. The molecule has 0 aromatic rings. The molecule has 0 radical (unpaired) electrons. The number of rotatable bonds is 2. The minimum absolute atomic E-state index is 0.146. The maximum atomic E-state index is 12.2. The highest BCUT2D eigenvalue weighted by Crippen LogP contribution is 2.42. The molecule has 21 heavy (non-hydrogen) atoms. The molecule has 0 bridgehead atoms. The molecule has 7 heteroatoms. The molecule has 5 atom stereocenters. The zero-order chi connectivity index (χ0) is 15.4. The van der Waals surface area contributed by atoms with Gasteiger partial charge in [0.25, 0.3) is 0 Å². The van der Waals surface area contributed by atoms with E-state index in [2.05, 4.69) is 15.9 Å². The van der Waals surface area contributed by atoms with Gasteiger partial charge in [-0.05, 0) is 29.8 Å². The summed E-state index contributed by atoms with van der Waals surface area (Å²) in [6.45, 7) is 3.37. The smallest absolute Gasteiger partial charge is 0.176 e. The van der Waals surface area contributed by atoms with Crippen molar-refractivity contribution in [3.05, 3.63) is 10.6 Å². The summed E-state index contributed by atoms with van der Waals surface area (Å²) < 4.78 is 17.8. The van der Waals surface area contributed by atoms with Crippen molar-refractivity contribution in [3.63, 3.8) is 0 Å². The Morgan fingerprint density at radius 2 is 1.95 bits per heavy atom. The first-order chi connectivity index (χ1) is 9.82. The largest absolute Gasteiger partial charge is 0.394 e. The maximum absolute atomic E-state index is 12.2. The third-order valence-electron chi connectivity index (χ3n) is 4.02. The van der Waals surface area contributed by atoms with Gasteiger partial charge in [0.2, 0.25) is 0 Å². The maximum Gasteiger partial charge on any atom is 0.176 e. The number of hydrogen-bond acceptors (Lipinski definition) is 6. The van der Waals surface area contributed by atoms with Crippen LogP contribution < -0.4 is 0 Å². The van der Waals surface area contributed by atoms with Crippen molar-refractivity contribution in [2.24, 2.45) is 5.92 Å². The first-order valence-corrected chi connectivity index (χ1v) is 7.67. The third-order valence-corrected chi connectivity index (χ3v) is 4.73. The van der Waals surface area contributed by atoms with Crippen molar-refractivity contribution in [2.75, 3.05) is 6.61 Å². The summed E-state index contributed by atoms with van der Waals surface area (Å²) in [5.41, 5.74) is 0. The fourth-order valence-corrected chi connectivity index (χ4v) is 3.56. The van der Waals surface area contributed by atoms with Gasteiger partial charge in [-0.2, -0.15) is 0 Å². The fraction of sp³-hybridized carbons (Fsp3) is 0.714. The average Bonchev–Trinajstić information content (AvgIpc) is 2.87. The van der Waals surface area contributed by atoms with Crippen LogP contribution in [0.2, 0.25) is 0 Å². The van der Waals surface area contributed by atoms with Gasteiger partial charge in [0.05, 0.1) is 23.4 Å². The van der Waals surface area contributed by atoms with Gasteiger partial charge in [-0.3, -0.25) is 9.59 Å². The number of fused-ring (bicyclic) bond motifs is 1. The number of halogens is 1. The number of aliphatic hydroxyl groups is 1. The quantitative estimate of drug-likeness (QED) is 0.730. The van der Waals surface area contributed by atoms with E-state index in [1.165, 1.54) is 0 Å². The normalized spacial score (nSPS) is 42.1. The lowest BCUT2D eigenvalue weighted by molar-refractivity contribution is -0.194. The van der Waals surface area contributed by atoms with Crippen LogP contribution in [0.15, 0.2) is 10.6 Å². The molecular formula is C14H17BrO6. The summed E-state index contributed by atoms with van der Waals surface area (Å²) in [6, 6.07) is 0. The molecule has 2 heterocycles. The Kier molecular flexibility index (Phi) is 3.82. The molecule has 2 fully saturated rings. The lowest BCUT2D eigenvalue weighted by Crippen LogP contribution is -2.40. The van der Waals surface area contributed by atoms with Crippen LogP contribution >= 0.6 is 15.9 Å². The van der Waals surface area contributed by atoms with E-state index >= 15 is 0 Å². The summed E-state index contributed by atoms with van der Waals surface area (Å²) in [5, 5.41) is 9.44. The Morgan fingerprint density at radius 1 is 1.29 bits per heavy atom. The molecule has 0 aromatic carbocycles. The lowest BCUT2D eigenvalue weighted by Gasteiger charge is -2.28. The topological polar surface area (TPSA) is 82.1 Å². The van der Waals surface area contributed by atoms with E-state index in [-0.39, 0.29) is 24.6 Å². The van der Waals surface area contributed by atoms with Crippen LogP contribution in [0.4, 0.5) is 0 Å². The zero-order valence-corrected chi connectivity index (χ0v) is 13.3. The van der Waals surface area contributed by atoms with E-state index in [9.17, 15) is 14.7 Å². The highest BCUT2D eigenvalue weighted by molar-refractivity contribution is 9.12. The minimum Gasteiger partial charge on any atom is -0.394 e. The van der Waals surface area contributed by atoms with Gasteiger partial charge in [-0.1, -0.05) is 6.08 Å². The van der Waals surface area contributed by atoms with Crippen molar-refractivity contribution in [3.8, 4) is 0 Å². The summed E-state index contributed by atoms with van der Waals surface area (Å²) >= 11 is 3.18. The molecule has 2 aliphatic heterocycles. The van der Waals surface area contributed by atoms with Gasteiger partial charge < -0.3 is 19.3 Å². The van der Waals surface area contributed by atoms with Crippen LogP contribution in [0.25, 0.3) is 0 Å². The summed E-state index contributed by atoms with van der Waals surface area (Å²) in [6.07, 6.45) is -0.498. The average molecular weight is 361 g/mol. The third kappa shape index (κ3) is 2.61. The molecule has 1 aliphatic carbocycles. The van der Waals surface area contributed by atoms with Crippen molar-refractivity contribution in [2.45, 2.75) is 50.5 Å². The van der Waals surface area contributed by atoms with Crippen molar-refractivity contribution in [1.29, 1.82) is 0 Å². The number of carbonyl (C=O) groups is 2. The second-order valence-electron chi connectivity index (χ2n) is 5.99. The second kappa shape index (κ2) is 5.24. The van der Waals surface area contributed by atoms with Crippen LogP contribution in [0, 0.1) is 5.92 Å². The van der Waals surface area contributed by atoms with Gasteiger partial charge in [0.1, 0.15) is 30.2 Å². The standard InChI is InChI=1S/C14H17BrO6/c1-14(2)20-12-10(5-16)19-11(13(12)21-14)6-3-7(15)9(18)4-8(6)17/h3,6,10-13,16H,4-5H2,1-2H3/t6?,10-,11+,12?,13?/m1/s1. The van der Waals surface area contributed by atoms with Crippen LogP contribution in [0.5, 0.6) is 0 Å². The van der Waals surface area contributed by atoms with Crippen LogP contribution in [0.3, 0.4) is 0 Å². The van der Waals surface area contributed by atoms with Gasteiger partial charge in [0.15, 0.2) is 11.6 Å². The number of allylic oxidation sites excluding steroid dienone is 1. The van der Waals surface area contributed by atoms with Gasteiger partial charge in [0, 0.05) is 0 Å². The van der Waals surface area contributed by atoms with E-state index in [0.29, 0.717) is 4.48 Å². The molecule has 6 nitrogen and oxygen atoms in total. The Hall–Kier alpha value is -0.600. The molecule has 1 N–H and O–H groups in total. The highest BCUT2D eigenvalue weighted by atomic mass is 79.9. The van der Waals surface area contributed by atoms with Crippen LogP contribution in [-0.4, -0.2) is 53.5 Å². The molecule has 0 spiro atoms. The number of ketones is 2. The number of ether oxygens (including phenoxy) is 3. The van der Waals surface area contributed by atoms with E-state index < -0.39 is 36.1 Å². The molecule has 3 unspecified atom stereocenters. The van der Waals surface area contributed by atoms with E-state index in [1.807, 2.05) is 0 Å². The summed E-state index contributed by atoms with van der Waals surface area (Å²) in [7, 11) is 0. The molecule has 116 valence electrons. The molecular weight excluding hydrogens is 344 g/mol. The van der Waals surface area contributed by atoms with Crippen molar-refractivity contribution >= 4 is 27.5 Å². The minimum atomic E-state index is -0.779. The zero-order valence-electron chi connectivity index (χ0n) is 11.7. The Morgan fingerprint density at radius 3 is 2.62 bits per heavy atom. The SMILES string of the molecule is CC1(C)OC2C(O1)[C@@H](CO)O[C@H]2C1C=C(Br)C(=O)CC1=O. The monoisotopic (exact) mass is 360 g/mol. The molecule has 0 saturated carbocycles. The fourth-order valence-electron chi connectivity index (χ4n) is 3.13. The van der Waals surface area contributed by atoms with Gasteiger partial charge >= 0.3 is 0 Å². The Bertz CT molecular complexity index is 514. The number of carbonyl (C=O) groups excluding carboxylic acids is 2. The van der Waals surface area contributed by atoms with Crippen molar-refractivity contribution in [1.82, 2.24) is 0 Å². The van der Waals surface area contributed by atoms with Crippen molar-refractivity contribution < 1.29 is 28.9 Å². The second-order valence-corrected chi connectivity index (χ2v) is 6.85. The molecule has 3 rings (SSSR count). The Labute approximate surface area is 130 Å². The molecule has 0 amide bonds. The predicted octanol–water partition coefficient (Wildman–Crippen LogP) is 0.703. The van der Waals surface area contributed by atoms with Crippen LogP contribution in [0.1, 0.15) is 20.3 Å². The molecule has 3 aliphatic rings.